The Balaban J connectivity index is 2.17. The molecule has 0 aliphatic carbocycles. The average molecular weight is 319 g/mol. The summed E-state index contributed by atoms with van der Waals surface area (Å²) in [5, 5.41) is 12.2. The van der Waals surface area contributed by atoms with Gasteiger partial charge in [-0.15, -0.1) is 0 Å². The largest absolute Gasteiger partial charge is 0.478 e. The fourth-order valence-electron chi connectivity index (χ4n) is 2.88. The van der Waals surface area contributed by atoms with Gasteiger partial charge in [-0.3, -0.25) is 4.79 Å². The highest BCUT2D eigenvalue weighted by atomic mass is 16.4. The number of pyridine rings is 1. The first kappa shape index (κ1) is 17.2. The molecule has 1 fully saturated rings. The summed E-state index contributed by atoms with van der Waals surface area (Å²) in [6.45, 7) is 5.82. The molecule has 2 N–H and O–H groups in total. The van der Waals surface area contributed by atoms with Crippen molar-refractivity contribution in [3.63, 3.8) is 0 Å². The Morgan fingerprint density at radius 2 is 2.26 bits per heavy atom. The molecule has 2 rings (SSSR count). The minimum absolute atomic E-state index is 0.107. The van der Waals surface area contributed by atoms with Gasteiger partial charge in [0.2, 0.25) is 5.91 Å². The second-order valence-corrected chi connectivity index (χ2v) is 6.25. The molecule has 1 aromatic heterocycles. The van der Waals surface area contributed by atoms with Gasteiger partial charge in [0.05, 0.1) is 11.9 Å². The SMILES string of the molecule is CCCCC(=O)Nc1cnc(N2CCCC(C)C2)c(C(=O)O)c1. The molecule has 2 heterocycles. The van der Waals surface area contributed by atoms with E-state index >= 15 is 0 Å². The van der Waals surface area contributed by atoms with Crippen LogP contribution in [-0.4, -0.2) is 35.1 Å². The molecular formula is C17H25N3O3. The molecule has 1 aliphatic rings. The fraction of sp³-hybridized carbons (Fsp3) is 0.588. The Morgan fingerprint density at radius 3 is 2.91 bits per heavy atom. The monoisotopic (exact) mass is 319 g/mol. The van der Waals surface area contributed by atoms with Crippen molar-refractivity contribution in [2.45, 2.75) is 46.0 Å². The van der Waals surface area contributed by atoms with Crippen LogP contribution < -0.4 is 10.2 Å². The molecule has 6 heteroatoms. The van der Waals surface area contributed by atoms with Crippen molar-refractivity contribution < 1.29 is 14.7 Å². The van der Waals surface area contributed by atoms with Gasteiger partial charge in [-0.1, -0.05) is 20.3 Å². The third kappa shape index (κ3) is 4.68. The van der Waals surface area contributed by atoms with E-state index in [1.165, 1.54) is 6.07 Å². The molecule has 0 spiro atoms. The Morgan fingerprint density at radius 1 is 1.48 bits per heavy atom. The maximum Gasteiger partial charge on any atom is 0.339 e. The predicted molar refractivity (Wildman–Crippen MR) is 90.0 cm³/mol. The van der Waals surface area contributed by atoms with Crippen LogP contribution in [-0.2, 0) is 4.79 Å². The summed E-state index contributed by atoms with van der Waals surface area (Å²) in [5.41, 5.74) is 0.588. The van der Waals surface area contributed by atoms with Gasteiger partial charge < -0.3 is 15.3 Å². The lowest BCUT2D eigenvalue weighted by Crippen LogP contribution is -2.36. The van der Waals surface area contributed by atoms with E-state index in [9.17, 15) is 14.7 Å². The predicted octanol–water partition coefficient (Wildman–Crippen LogP) is 3.14. The van der Waals surface area contributed by atoms with Gasteiger partial charge in [0.25, 0.3) is 0 Å². The van der Waals surface area contributed by atoms with E-state index in [0.29, 0.717) is 23.8 Å². The number of amides is 1. The summed E-state index contributed by atoms with van der Waals surface area (Å²) in [6.07, 6.45) is 5.93. The number of carboxylic acids is 1. The van der Waals surface area contributed by atoms with E-state index < -0.39 is 5.97 Å². The summed E-state index contributed by atoms with van der Waals surface area (Å²) in [7, 11) is 0. The molecule has 6 nitrogen and oxygen atoms in total. The quantitative estimate of drug-likeness (QED) is 0.841. The van der Waals surface area contributed by atoms with Crippen LogP contribution in [0.3, 0.4) is 0 Å². The summed E-state index contributed by atoms with van der Waals surface area (Å²) < 4.78 is 0. The maximum absolute atomic E-state index is 11.8. The van der Waals surface area contributed by atoms with Crippen LogP contribution in [0.1, 0.15) is 56.3 Å². The highest BCUT2D eigenvalue weighted by Gasteiger charge is 2.23. The normalized spacial score (nSPS) is 17.8. The summed E-state index contributed by atoms with van der Waals surface area (Å²) in [5.74, 6) is -0.101. The number of hydrogen-bond donors (Lipinski definition) is 2. The third-order valence-electron chi connectivity index (χ3n) is 4.09. The summed E-state index contributed by atoms with van der Waals surface area (Å²) >= 11 is 0. The van der Waals surface area contributed by atoms with E-state index in [2.05, 4.69) is 17.2 Å². The lowest BCUT2D eigenvalue weighted by atomic mass is 10.00. The number of anilines is 2. The Hall–Kier alpha value is -2.11. The van der Waals surface area contributed by atoms with E-state index in [-0.39, 0.29) is 11.5 Å². The Labute approximate surface area is 136 Å². The molecule has 1 saturated heterocycles. The number of carbonyl (C=O) groups is 2. The minimum atomic E-state index is -1.02. The smallest absolute Gasteiger partial charge is 0.339 e. The van der Waals surface area contributed by atoms with E-state index in [4.69, 9.17) is 0 Å². The number of aromatic nitrogens is 1. The highest BCUT2D eigenvalue weighted by molar-refractivity contribution is 5.97. The fourth-order valence-corrected chi connectivity index (χ4v) is 2.88. The number of rotatable bonds is 6. The molecule has 0 bridgehead atoms. The van der Waals surface area contributed by atoms with Crippen LogP contribution in [0.5, 0.6) is 0 Å². The first-order chi connectivity index (χ1) is 11.0. The maximum atomic E-state index is 11.8. The number of nitrogens with zero attached hydrogens (tertiary/aromatic N) is 2. The van der Waals surface area contributed by atoms with Crippen LogP contribution in [0.4, 0.5) is 11.5 Å². The van der Waals surface area contributed by atoms with Gasteiger partial charge in [0.15, 0.2) is 0 Å². The van der Waals surface area contributed by atoms with Crippen LogP contribution >= 0.6 is 0 Å². The Bertz CT molecular complexity index is 574. The molecule has 1 amide bonds. The number of hydrogen-bond acceptors (Lipinski definition) is 4. The second-order valence-electron chi connectivity index (χ2n) is 6.25. The number of carboxylic acid groups (broad SMARTS) is 1. The topological polar surface area (TPSA) is 82.5 Å². The minimum Gasteiger partial charge on any atom is -0.478 e. The average Bonchev–Trinajstić information content (AvgIpc) is 2.52. The van der Waals surface area contributed by atoms with Crippen LogP contribution in [0, 0.1) is 5.92 Å². The van der Waals surface area contributed by atoms with Crippen molar-refractivity contribution in [1.82, 2.24) is 4.98 Å². The number of aromatic carboxylic acids is 1. The van der Waals surface area contributed by atoms with Gasteiger partial charge in [0, 0.05) is 19.5 Å². The second kappa shape index (κ2) is 7.94. The molecule has 0 radical (unpaired) electrons. The van der Waals surface area contributed by atoms with E-state index in [1.54, 1.807) is 6.20 Å². The van der Waals surface area contributed by atoms with Crippen molar-refractivity contribution in [1.29, 1.82) is 0 Å². The van der Waals surface area contributed by atoms with Crippen LogP contribution in [0.15, 0.2) is 12.3 Å². The molecule has 1 aliphatic heterocycles. The molecule has 126 valence electrons. The zero-order valence-corrected chi connectivity index (χ0v) is 13.8. The lowest BCUT2D eigenvalue weighted by Gasteiger charge is -2.32. The first-order valence-corrected chi connectivity index (χ1v) is 8.29. The molecule has 0 saturated carbocycles. The molecule has 0 aromatic carbocycles. The third-order valence-corrected chi connectivity index (χ3v) is 4.09. The molecule has 1 unspecified atom stereocenters. The molecule has 1 atom stereocenters. The molecule has 1 aromatic rings. The van der Waals surface area contributed by atoms with Crippen molar-refractivity contribution >= 4 is 23.4 Å². The number of piperidine rings is 1. The highest BCUT2D eigenvalue weighted by Crippen LogP contribution is 2.26. The number of carbonyl (C=O) groups excluding carboxylic acids is 1. The van der Waals surface area contributed by atoms with Gasteiger partial charge >= 0.3 is 5.97 Å². The summed E-state index contributed by atoms with van der Waals surface area (Å²) in [4.78, 5) is 29.7. The van der Waals surface area contributed by atoms with Crippen molar-refractivity contribution in [3.05, 3.63) is 17.8 Å². The van der Waals surface area contributed by atoms with E-state index in [0.717, 1.165) is 38.8 Å². The zero-order valence-electron chi connectivity index (χ0n) is 13.8. The van der Waals surface area contributed by atoms with Gasteiger partial charge in [-0.05, 0) is 31.2 Å². The Kier molecular flexibility index (Phi) is 5.96. The standard InChI is InChI=1S/C17H25N3O3/c1-3-4-7-15(21)19-13-9-14(17(22)23)16(18-10-13)20-8-5-6-12(2)11-20/h9-10,12H,3-8,11H2,1-2H3,(H,19,21)(H,22,23). The van der Waals surface area contributed by atoms with Crippen molar-refractivity contribution in [3.8, 4) is 0 Å². The molecular weight excluding hydrogens is 294 g/mol. The first-order valence-electron chi connectivity index (χ1n) is 8.29. The van der Waals surface area contributed by atoms with Gasteiger partial charge in [-0.25, -0.2) is 9.78 Å². The van der Waals surface area contributed by atoms with Crippen LogP contribution in [0.2, 0.25) is 0 Å². The van der Waals surface area contributed by atoms with Gasteiger partial charge in [-0.2, -0.15) is 0 Å². The van der Waals surface area contributed by atoms with Gasteiger partial charge in [0.1, 0.15) is 11.4 Å². The van der Waals surface area contributed by atoms with Crippen LogP contribution in [0.25, 0.3) is 0 Å². The lowest BCUT2D eigenvalue weighted by molar-refractivity contribution is -0.116. The van der Waals surface area contributed by atoms with E-state index in [1.807, 2.05) is 11.8 Å². The van der Waals surface area contributed by atoms with Crippen molar-refractivity contribution in [2.75, 3.05) is 23.3 Å². The van der Waals surface area contributed by atoms with Crippen molar-refractivity contribution in [2.24, 2.45) is 5.92 Å². The summed E-state index contributed by atoms with van der Waals surface area (Å²) in [6, 6.07) is 1.51. The number of nitrogens with one attached hydrogen (secondary N) is 1. The zero-order chi connectivity index (χ0) is 16.8. The number of unbranched alkanes of at least 4 members (excludes halogenated alkanes) is 1. The molecule has 23 heavy (non-hydrogen) atoms.